The van der Waals surface area contributed by atoms with E-state index in [1.54, 1.807) is 0 Å². The Bertz CT molecular complexity index is 145. The average molecular weight is 228 g/mol. The van der Waals surface area contributed by atoms with Crippen molar-refractivity contribution >= 4 is 11.8 Å². The van der Waals surface area contributed by atoms with E-state index in [1.165, 1.54) is 64.0 Å². The smallest absolute Gasteiger partial charge is 0.0172 e. The molecule has 0 bridgehead atoms. The van der Waals surface area contributed by atoms with E-state index in [1.807, 2.05) is 0 Å². The van der Waals surface area contributed by atoms with Crippen molar-refractivity contribution < 1.29 is 0 Å². The number of rotatable bonds is 4. The summed E-state index contributed by atoms with van der Waals surface area (Å²) in [6.07, 6.45) is 7.06. The highest BCUT2D eigenvalue weighted by Gasteiger charge is 2.15. The molecular formula is C12H24N2S. The number of hydrogen-bond donors (Lipinski definition) is 2. The molecule has 0 aromatic rings. The van der Waals surface area contributed by atoms with Crippen molar-refractivity contribution in [3.05, 3.63) is 0 Å². The van der Waals surface area contributed by atoms with Gasteiger partial charge in [0.2, 0.25) is 0 Å². The Balaban J connectivity index is 1.53. The van der Waals surface area contributed by atoms with Crippen LogP contribution in [0.25, 0.3) is 0 Å². The summed E-state index contributed by atoms with van der Waals surface area (Å²) in [7, 11) is 0. The molecule has 3 heteroatoms. The summed E-state index contributed by atoms with van der Waals surface area (Å²) in [5.74, 6) is 2.32. The van der Waals surface area contributed by atoms with Crippen LogP contribution in [-0.4, -0.2) is 37.2 Å². The first kappa shape index (κ1) is 11.7. The SMILES string of the molecule is C1CCC(CNCC2CCNCC2)SC1. The van der Waals surface area contributed by atoms with Crippen molar-refractivity contribution in [3.63, 3.8) is 0 Å². The molecule has 0 aromatic heterocycles. The lowest BCUT2D eigenvalue weighted by atomic mass is 9.98. The fraction of sp³-hybridized carbons (Fsp3) is 1.00. The minimum Gasteiger partial charge on any atom is -0.317 e. The molecule has 15 heavy (non-hydrogen) atoms. The van der Waals surface area contributed by atoms with Gasteiger partial charge in [-0.05, 0) is 57.0 Å². The first-order valence-electron chi connectivity index (χ1n) is 6.48. The fourth-order valence-corrected chi connectivity index (χ4v) is 3.78. The van der Waals surface area contributed by atoms with Gasteiger partial charge in [-0.3, -0.25) is 0 Å². The highest BCUT2D eigenvalue weighted by molar-refractivity contribution is 7.99. The Hall–Kier alpha value is 0.270. The summed E-state index contributed by atoms with van der Waals surface area (Å²) in [5, 5.41) is 8.00. The molecule has 2 rings (SSSR count). The van der Waals surface area contributed by atoms with Crippen LogP contribution in [-0.2, 0) is 0 Å². The second kappa shape index (κ2) is 6.77. The summed E-state index contributed by atoms with van der Waals surface area (Å²) in [6, 6.07) is 0. The van der Waals surface area contributed by atoms with Gasteiger partial charge >= 0.3 is 0 Å². The van der Waals surface area contributed by atoms with Crippen LogP contribution < -0.4 is 10.6 Å². The molecule has 2 N–H and O–H groups in total. The van der Waals surface area contributed by atoms with Gasteiger partial charge in [-0.2, -0.15) is 11.8 Å². The van der Waals surface area contributed by atoms with Gasteiger partial charge in [-0.25, -0.2) is 0 Å². The molecule has 2 aliphatic heterocycles. The molecule has 2 heterocycles. The zero-order valence-electron chi connectivity index (χ0n) is 9.63. The molecule has 0 saturated carbocycles. The second-order valence-corrected chi connectivity index (χ2v) is 6.25. The van der Waals surface area contributed by atoms with Crippen molar-refractivity contribution in [1.82, 2.24) is 10.6 Å². The molecule has 1 unspecified atom stereocenters. The summed E-state index contributed by atoms with van der Waals surface area (Å²) >= 11 is 2.17. The molecule has 2 fully saturated rings. The monoisotopic (exact) mass is 228 g/mol. The number of nitrogens with one attached hydrogen (secondary N) is 2. The molecule has 2 nitrogen and oxygen atoms in total. The van der Waals surface area contributed by atoms with Gasteiger partial charge in [0.25, 0.3) is 0 Å². The van der Waals surface area contributed by atoms with Crippen LogP contribution in [0.4, 0.5) is 0 Å². The van der Waals surface area contributed by atoms with Crippen LogP contribution in [0.15, 0.2) is 0 Å². The highest BCUT2D eigenvalue weighted by Crippen LogP contribution is 2.24. The molecule has 1 atom stereocenters. The summed E-state index contributed by atoms with van der Waals surface area (Å²) in [6.45, 7) is 4.95. The van der Waals surface area contributed by atoms with Gasteiger partial charge in [0.1, 0.15) is 0 Å². The van der Waals surface area contributed by atoms with E-state index in [0.29, 0.717) is 0 Å². The maximum absolute atomic E-state index is 3.68. The van der Waals surface area contributed by atoms with Gasteiger partial charge in [0, 0.05) is 11.8 Å². The van der Waals surface area contributed by atoms with Crippen LogP contribution >= 0.6 is 11.8 Å². The molecule has 0 amide bonds. The quantitative estimate of drug-likeness (QED) is 0.768. The largest absolute Gasteiger partial charge is 0.317 e. The van der Waals surface area contributed by atoms with E-state index in [-0.39, 0.29) is 0 Å². The van der Waals surface area contributed by atoms with Crippen molar-refractivity contribution in [1.29, 1.82) is 0 Å². The van der Waals surface area contributed by atoms with Crippen LogP contribution in [0.1, 0.15) is 32.1 Å². The predicted molar refractivity (Wildman–Crippen MR) is 68.6 cm³/mol. The summed E-state index contributed by atoms with van der Waals surface area (Å²) in [4.78, 5) is 0. The van der Waals surface area contributed by atoms with Crippen molar-refractivity contribution in [2.24, 2.45) is 5.92 Å². The molecule has 0 aromatic carbocycles. The lowest BCUT2D eigenvalue weighted by molar-refractivity contribution is 0.356. The van der Waals surface area contributed by atoms with Gasteiger partial charge < -0.3 is 10.6 Å². The van der Waals surface area contributed by atoms with Gasteiger partial charge in [0.15, 0.2) is 0 Å². The first-order chi connectivity index (χ1) is 7.45. The summed E-state index contributed by atoms with van der Waals surface area (Å²) in [5.41, 5.74) is 0. The normalized spacial score (nSPS) is 29.2. The minimum atomic E-state index is 0.903. The third-order valence-electron chi connectivity index (χ3n) is 3.54. The van der Waals surface area contributed by atoms with E-state index in [2.05, 4.69) is 22.4 Å². The molecule has 0 radical (unpaired) electrons. The molecule has 0 aliphatic carbocycles. The number of piperidine rings is 1. The minimum absolute atomic E-state index is 0.903. The van der Waals surface area contributed by atoms with Crippen molar-refractivity contribution in [2.75, 3.05) is 31.9 Å². The first-order valence-corrected chi connectivity index (χ1v) is 7.53. The molecule has 2 aliphatic rings. The maximum atomic E-state index is 3.68. The molecular weight excluding hydrogens is 204 g/mol. The topological polar surface area (TPSA) is 24.1 Å². The van der Waals surface area contributed by atoms with E-state index in [4.69, 9.17) is 0 Å². The van der Waals surface area contributed by atoms with Gasteiger partial charge in [-0.15, -0.1) is 0 Å². The third kappa shape index (κ3) is 4.33. The zero-order valence-corrected chi connectivity index (χ0v) is 10.5. The molecule has 2 saturated heterocycles. The van der Waals surface area contributed by atoms with E-state index >= 15 is 0 Å². The van der Waals surface area contributed by atoms with E-state index < -0.39 is 0 Å². The Kier molecular flexibility index (Phi) is 5.30. The predicted octanol–water partition coefficient (Wildman–Crippen LogP) is 1.86. The van der Waals surface area contributed by atoms with Crippen molar-refractivity contribution in [2.45, 2.75) is 37.4 Å². The highest BCUT2D eigenvalue weighted by atomic mass is 32.2. The Morgan fingerprint density at radius 3 is 2.67 bits per heavy atom. The summed E-state index contributed by atoms with van der Waals surface area (Å²) < 4.78 is 0. The fourth-order valence-electron chi connectivity index (χ4n) is 2.50. The lowest BCUT2D eigenvalue weighted by Gasteiger charge is -2.25. The Labute approximate surface area is 98.0 Å². The number of thioether (sulfide) groups is 1. The van der Waals surface area contributed by atoms with Crippen LogP contribution in [0.5, 0.6) is 0 Å². The van der Waals surface area contributed by atoms with Crippen molar-refractivity contribution in [3.8, 4) is 0 Å². The maximum Gasteiger partial charge on any atom is 0.0172 e. The van der Waals surface area contributed by atoms with Gasteiger partial charge in [0.05, 0.1) is 0 Å². The van der Waals surface area contributed by atoms with E-state index in [0.717, 1.165) is 11.2 Å². The average Bonchev–Trinajstić information content (AvgIpc) is 2.32. The molecule has 0 spiro atoms. The van der Waals surface area contributed by atoms with E-state index in [9.17, 15) is 0 Å². The van der Waals surface area contributed by atoms with Crippen LogP contribution in [0.3, 0.4) is 0 Å². The standard InChI is InChI=1S/C12H24N2S/c1-2-8-15-12(3-1)10-14-9-11-4-6-13-7-5-11/h11-14H,1-10H2. The molecule has 88 valence electrons. The Morgan fingerprint density at radius 2 is 1.93 bits per heavy atom. The van der Waals surface area contributed by atoms with Crippen LogP contribution in [0, 0.1) is 5.92 Å². The number of hydrogen-bond acceptors (Lipinski definition) is 3. The van der Waals surface area contributed by atoms with Crippen LogP contribution in [0.2, 0.25) is 0 Å². The lowest BCUT2D eigenvalue weighted by Crippen LogP contribution is -2.36. The Morgan fingerprint density at radius 1 is 1.07 bits per heavy atom. The second-order valence-electron chi connectivity index (χ2n) is 4.84. The van der Waals surface area contributed by atoms with Gasteiger partial charge in [-0.1, -0.05) is 6.42 Å². The zero-order chi connectivity index (χ0) is 10.3. The third-order valence-corrected chi connectivity index (χ3v) is 4.94.